The van der Waals surface area contributed by atoms with E-state index in [0.29, 0.717) is 4.68 Å². The minimum absolute atomic E-state index is 0.0450. The van der Waals surface area contributed by atoms with E-state index in [1.54, 1.807) is 6.07 Å². The van der Waals surface area contributed by atoms with Gasteiger partial charge < -0.3 is 5.73 Å². The number of aromatic nitrogens is 3. The Bertz CT molecular complexity index is 714. The molecule has 0 atom stereocenters. The Morgan fingerprint density at radius 3 is 2.70 bits per heavy atom. The Hall–Kier alpha value is -2.89. The summed E-state index contributed by atoms with van der Waals surface area (Å²) in [6.07, 6.45) is -2.92. The Kier molecular flexibility index (Phi) is 3.15. The highest BCUT2D eigenvalue weighted by molar-refractivity contribution is 5.94. The van der Waals surface area contributed by atoms with Gasteiger partial charge in [0.1, 0.15) is 11.8 Å². The van der Waals surface area contributed by atoms with Crippen molar-refractivity contribution in [1.82, 2.24) is 14.8 Å². The van der Waals surface area contributed by atoms with Crippen LogP contribution in [0, 0.1) is 11.3 Å². The Labute approximate surface area is 110 Å². The van der Waals surface area contributed by atoms with Gasteiger partial charge in [-0.05, 0) is 6.07 Å². The molecule has 2 heterocycles. The lowest BCUT2D eigenvalue weighted by molar-refractivity contribution is -0.143. The van der Waals surface area contributed by atoms with Crippen LogP contribution in [0.1, 0.15) is 21.7 Å². The third kappa shape index (κ3) is 2.31. The van der Waals surface area contributed by atoms with Gasteiger partial charge in [0.2, 0.25) is 0 Å². The molecule has 0 aromatic carbocycles. The van der Waals surface area contributed by atoms with Crippen LogP contribution in [0.2, 0.25) is 0 Å². The fraction of sp³-hybridized carbons (Fsp3) is 0.0909. The number of hydrogen-bond donors (Lipinski definition) is 1. The molecule has 6 nitrogen and oxygen atoms in total. The van der Waals surface area contributed by atoms with Crippen LogP contribution in [0.3, 0.4) is 0 Å². The molecule has 0 spiro atoms. The third-order valence-electron chi connectivity index (χ3n) is 2.41. The lowest BCUT2D eigenvalue weighted by Crippen LogP contribution is -2.20. The number of pyridine rings is 1. The number of halogens is 3. The Morgan fingerprint density at radius 1 is 1.45 bits per heavy atom. The summed E-state index contributed by atoms with van der Waals surface area (Å²) in [7, 11) is 0. The van der Waals surface area contributed by atoms with E-state index in [4.69, 9.17) is 11.0 Å². The quantitative estimate of drug-likeness (QED) is 0.895. The molecule has 9 heteroatoms. The first-order valence-corrected chi connectivity index (χ1v) is 5.16. The minimum atomic E-state index is -4.82. The zero-order chi connectivity index (χ0) is 14.9. The van der Waals surface area contributed by atoms with Gasteiger partial charge in [-0.3, -0.25) is 4.79 Å². The van der Waals surface area contributed by atoms with Gasteiger partial charge in [-0.15, -0.1) is 0 Å². The lowest BCUT2D eigenvalue weighted by atomic mass is 10.2. The Balaban J connectivity index is 2.69. The zero-order valence-electron chi connectivity index (χ0n) is 9.72. The van der Waals surface area contributed by atoms with Crippen LogP contribution < -0.4 is 5.73 Å². The molecule has 0 saturated carbocycles. The van der Waals surface area contributed by atoms with Gasteiger partial charge in [0.25, 0.3) is 5.91 Å². The lowest BCUT2D eigenvalue weighted by Gasteiger charge is -2.11. The Morgan fingerprint density at radius 2 is 2.15 bits per heavy atom. The van der Waals surface area contributed by atoms with Crippen molar-refractivity contribution in [3.8, 4) is 11.8 Å². The van der Waals surface area contributed by atoms with Crippen molar-refractivity contribution in [2.45, 2.75) is 6.18 Å². The maximum absolute atomic E-state index is 13.0. The first-order chi connectivity index (χ1) is 9.34. The number of hydrogen-bond acceptors (Lipinski definition) is 4. The van der Waals surface area contributed by atoms with Crippen LogP contribution in [0.25, 0.3) is 5.69 Å². The summed E-state index contributed by atoms with van der Waals surface area (Å²) < 4.78 is 39.6. The molecule has 0 radical (unpaired) electrons. The SMILES string of the molecule is N#Cc1cc(-n2ncc(C(N)=O)c2C(F)(F)F)ccn1. The van der Waals surface area contributed by atoms with Crippen LogP contribution >= 0.6 is 0 Å². The van der Waals surface area contributed by atoms with Crippen LogP contribution in [0.15, 0.2) is 24.5 Å². The first kappa shape index (κ1) is 13.5. The van der Waals surface area contributed by atoms with Crippen LogP contribution in [-0.2, 0) is 6.18 Å². The molecule has 2 aromatic rings. The van der Waals surface area contributed by atoms with Crippen molar-refractivity contribution < 1.29 is 18.0 Å². The normalized spacial score (nSPS) is 11.1. The number of nitrogens with two attached hydrogens (primary N) is 1. The van der Waals surface area contributed by atoms with Crippen molar-refractivity contribution in [3.05, 3.63) is 41.5 Å². The third-order valence-corrected chi connectivity index (χ3v) is 2.41. The maximum atomic E-state index is 13.0. The molecule has 0 unspecified atom stereocenters. The van der Waals surface area contributed by atoms with E-state index >= 15 is 0 Å². The van der Waals surface area contributed by atoms with Crippen molar-refractivity contribution >= 4 is 5.91 Å². The van der Waals surface area contributed by atoms with E-state index in [0.717, 1.165) is 12.3 Å². The molecule has 20 heavy (non-hydrogen) atoms. The monoisotopic (exact) mass is 281 g/mol. The number of primary amides is 1. The zero-order valence-corrected chi connectivity index (χ0v) is 9.72. The second-order valence-electron chi connectivity index (χ2n) is 3.69. The van der Waals surface area contributed by atoms with Gasteiger partial charge in [0, 0.05) is 12.3 Å². The van der Waals surface area contributed by atoms with E-state index in [1.807, 2.05) is 0 Å². The summed E-state index contributed by atoms with van der Waals surface area (Å²) in [6.45, 7) is 0. The number of amides is 1. The van der Waals surface area contributed by atoms with E-state index in [2.05, 4.69) is 10.1 Å². The molecule has 1 amide bonds. The first-order valence-electron chi connectivity index (χ1n) is 5.16. The van der Waals surface area contributed by atoms with Gasteiger partial charge in [-0.2, -0.15) is 23.5 Å². The summed E-state index contributed by atoms with van der Waals surface area (Å²) in [5.41, 5.74) is 2.75. The average molecular weight is 281 g/mol. The molecule has 0 bridgehead atoms. The highest BCUT2D eigenvalue weighted by Gasteiger charge is 2.40. The fourth-order valence-electron chi connectivity index (χ4n) is 1.61. The van der Waals surface area contributed by atoms with E-state index in [-0.39, 0.29) is 11.4 Å². The highest BCUT2D eigenvalue weighted by Crippen LogP contribution is 2.33. The molecule has 0 aliphatic carbocycles. The molecule has 2 aromatic heterocycles. The van der Waals surface area contributed by atoms with Crippen molar-refractivity contribution in [2.75, 3.05) is 0 Å². The van der Waals surface area contributed by atoms with Crippen molar-refractivity contribution in [3.63, 3.8) is 0 Å². The van der Waals surface area contributed by atoms with Crippen LogP contribution in [0.5, 0.6) is 0 Å². The smallest absolute Gasteiger partial charge is 0.365 e. The standard InChI is InChI=1S/C11H6F3N5O/c12-11(13,14)9-8(10(16)20)5-18-19(9)7-1-2-17-6(3-7)4-15/h1-3,5H,(H2,16,20). The highest BCUT2D eigenvalue weighted by atomic mass is 19.4. The molecule has 2 rings (SSSR count). The summed E-state index contributed by atoms with van der Waals surface area (Å²) in [4.78, 5) is 14.7. The molecular weight excluding hydrogens is 275 g/mol. The summed E-state index contributed by atoms with van der Waals surface area (Å²) in [6, 6.07) is 4.05. The van der Waals surface area contributed by atoms with Crippen LogP contribution in [0.4, 0.5) is 13.2 Å². The van der Waals surface area contributed by atoms with Gasteiger partial charge in [-0.1, -0.05) is 0 Å². The second kappa shape index (κ2) is 4.65. The number of carbonyl (C=O) groups excluding carboxylic acids is 1. The number of nitrogens with zero attached hydrogens (tertiary/aromatic N) is 4. The van der Waals surface area contributed by atoms with E-state index in [9.17, 15) is 18.0 Å². The van der Waals surface area contributed by atoms with Gasteiger partial charge in [-0.25, -0.2) is 9.67 Å². The second-order valence-corrected chi connectivity index (χ2v) is 3.69. The fourth-order valence-corrected chi connectivity index (χ4v) is 1.61. The summed E-state index contributed by atoms with van der Waals surface area (Å²) in [5.74, 6) is -1.24. The summed E-state index contributed by atoms with van der Waals surface area (Å²) in [5, 5.41) is 12.2. The number of carbonyl (C=O) groups is 1. The molecule has 0 saturated heterocycles. The average Bonchev–Trinajstić information content (AvgIpc) is 2.83. The van der Waals surface area contributed by atoms with Crippen LogP contribution in [-0.4, -0.2) is 20.7 Å². The molecule has 0 aliphatic heterocycles. The predicted molar refractivity (Wildman–Crippen MR) is 59.6 cm³/mol. The molecule has 0 aliphatic rings. The molecule has 2 N–H and O–H groups in total. The van der Waals surface area contributed by atoms with Gasteiger partial charge >= 0.3 is 6.18 Å². The predicted octanol–water partition coefficient (Wildman–Crippen LogP) is 1.26. The van der Waals surface area contributed by atoms with E-state index in [1.165, 1.54) is 12.3 Å². The number of rotatable bonds is 2. The molecule has 102 valence electrons. The maximum Gasteiger partial charge on any atom is 0.434 e. The summed E-state index contributed by atoms with van der Waals surface area (Å²) >= 11 is 0. The van der Waals surface area contributed by atoms with Gasteiger partial charge in [0.15, 0.2) is 5.69 Å². The van der Waals surface area contributed by atoms with Gasteiger partial charge in [0.05, 0.1) is 17.4 Å². The minimum Gasteiger partial charge on any atom is -0.365 e. The van der Waals surface area contributed by atoms with E-state index < -0.39 is 23.3 Å². The van der Waals surface area contributed by atoms with Crippen molar-refractivity contribution in [1.29, 1.82) is 5.26 Å². The largest absolute Gasteiger partial charge is 0.434 e. The molecular formula is C11H6F3N5O. The molecule has 0 fully saturated rings. The van der Waals surface area contributed by atoms with Crippen molar-refractivity contribution in [2.24, 2.45) is 5.73 Å². The number of nitriles is 1. The topological polar surface area (TPSA) is 97.6 Å². The number of alkyl halides is 3.